The van der Waals surface area contributed by atoms with E-state index in [0.717, 1.165) is 37.3 Å². The summed E-state index contributed by atoms with van der Waals surface area (Å²) >= 11 is 7.67. The maximum Gasteiger partial charge on any atom is 0.348 e. The van der Waals surface area contributed by atoms with Gasteiger partial charge in [-0.3, -0.25) is 4.79 Å². The van der Waals surface area contributed by atoms with Crippen LogP contribution in [0.4, 0.5) is 5.00 Å². The van der Waals surface area contributed by atoms with E-state index >= 15 is 0 Å². The molecule has 2 heterocycles. The maximum atomic E-state index is 12.4. The highest BCUT2D eigenvalue weighted by Gasteiger charge is 2.27. The van der Waals surface area contributed by atoms with E-state index in [1.807, 2.05) is 0 Å². The monoisotopic (exact) mass is 444 g/mol. The van der Waals surface area contributed by atoms with E-state index in [4.69, 9.17) is 21.7 Å². The van der Waals surface area contributed by atoms with E-state index < -0.39 is 11.9 Å². The van der Waals surface area contributed by atoms with Crippen molar-refractivity contribution in [2.45, 2.75) is 33.6 Å². The van der Waals surface area contributed by atoms with Crippen LogP contribution in [0, 0.1) is 6.92 Å². The molecule has 1 saturated heterocycles. The van der Waals surface area contributed by atoms with E-state index in [2.05, 4.69) is 10.2 Å². The minimum atomic E-state index is -0.581. The van der Waals surface area contributed by atoms with E-state index in [1.165, 1.54) is 11.8 Å². The number of ether oxygens (including phenoxy) is 2. The molecule has 1 amide bonds. The van der Waals surface area contributed by atoms with Crippen molar-refractivity contribution in [1.29, 1.82) is 0 Å². The van der Waals surface area contributed by atoms with Crippen molar-refractivity contribution in [3.8, 4) is 0 Å². The number of thioether (sulfide) groups is 1. The molecule has 10 heteroatoms. The minimum absolute atomic E-state index is 0.128. The van der Waals surface area contributed by atoms with E-state index in [0.29, 0.717) is 9.88 Å². The molecule has 0 radical (unpaired) electrons. The van der Waals surface area contributed by atoms with Crippen LogP contribution in [0.25, 0.3) is 0 Å². The van der Waals surface area contributed by atoms with Crippen LogP contribution in [0.2, 0.25) is 0 Å². The lowest BCUT2D eigenvalue weighted by atomic mass is 10.1. The number of likely N-dealkylation sites (tertiary alicyclic amines) is 1. The lowest BCUT2D eigenvalue weighted by Crippen LogP contribution is -2.25. The van der Waals surface area contributed by atoms with Gasteiger partial charge in [0.05, 0.1) is 24.5 Å². The molecular formula is C18H24N2O5S3. The Bertz CT molecular complexity index is 757. The Balaban J connectivity index is 2.12. The van der Waals surface area contributed by atoms with Crippen LogP contribution in [0.5, 0.6) is 0 Å². The lowest BCUT2D eigenvalue weighted by Gasteiger charge is -2.17. The second kappa shape index (κ2) is 10.8. The highest BCUT2D eigenvalue weighted by Crippen LogP contribution is 2.34. The summed E-state index contributed by atoms with van der Waals surface area (Å²) in [6.07, 6.45) is 2.22. The van der Waals surface area contributed by atoms with Crippen LogP contribution < -0.4 is 5.32 Å². The topological polar surface area (TPSA) is 84.9 Å². The third kappa shape index (κ3) is 5.68. The number of amides is 1. The van der Waals surface area contributed by atoms with Gasteiger partial charge in [-0.15, -0.1) is 11.3 Å². The summed E-state index contributed by atoms with van der Waals surface area (Å²) in [6.45, 7) is 7.30. The van der Waals surface area contributed by atoms with Gasteiger partial charge < -0.3 is 19.7 Å². The Labute approximate surface area is 178 Å². The zero-order chi connectivity index (χ0) is 20.7. The first-order valence-corrected chi connectivity index (χ1v) is 11.3. The van der Waals surface area contributed by atoms with Gasteiger partial charge in [0.15, 0.2) is 0 Å². The van der Waals surface area contributed by atoms with Crippen molar-refractivity contribution in [2.75, 3.05) is 37.4 Å². The second-order valence-electron chi connectivity index (χ2n) is 6.00. The fraction of sp³-hybridized carbons (Fsp3) is 0.556. The van der Waals surface area contributed by atoms with Gasteiger partial charge in [0.25, 0.3) is 0 Å². The number of carbonyl (C=O) groups is 3. The van der Waals surface area contributed by atoms with Gasteiger partial charge in [0.2, 0.25) is 5.91 Å². The number of hydrogen-bond donors (Lipinski definition) is 1. The molecule has 28 heavy (non-hydrogen) atoms. The van der Waals surface area contributed by atoms with Crippen molar-refractivity contribution < 1.29 is 23.9 Å². The number of anilines is 1. The predicted octanol–water partition coefficient (Wildman–Crippen LogP) is 3.46. The van der Waals surface area contributed by atoms with E-state index in [1.54, 1.807) is 20.8 Å². The largest absolute Gasteiger partial charge is 0.462 e. The van der Waals surface area contributed by atoms with E-state index in [9.17, 15) is 14.4 Å². The van der Waals surface area contributed by atoms with Crippen LogP contribution >= 0.6 is 35.3 Å². The molecule has 154 valence electrons. The molecule has 1 aliphatic rings. The summed E-state index contributed by atoms with van der Waals surface area (Å²) in [5.41, 5.74) is 0.632. The summed E-state index contributed by atoms with van der Waals surface area (Å²) < 4.78 is 10.8. The summed E-state index contributed by atoms with van der Waals surface area (Å²) in [5.74, 6) is -1.28. The molecule has 0 unspecified atom stereocenters. The maximum absolute atomic E-state index is 12.4. The summed E-state index contributed by atoms with van der Waals surface area (Å²) in [7, 11) is 0. The average Bonchev–Trinajstić information content (AvgIpc) is 3.28. The van der Waals surface area contributed by atoms with Crippen LogP contribution in [0.1, 0.15) is 52.3 Å². The average molecular weight is 445 g/mol. The fourth-order valence-electron chi connectivity index (χ4n) is 2.72. The molecule has 1 fully saturated rings. The van der Waals surface area contributed by atoms with Gasteiger partial charge in [-0.1, -0.05) is 24.0 Å². The Morgan fingerprint density at radius 2 is 1.75 bits per heavy atom. The van der Waals surface area contributed by atoms with Gasteiger partial charge >= 0.3 is 11.9 Å². The van der Waals surface area contributed by atoms with Gasteiger partial charge in [0.1, 0.15) is 14.2 Å². The third-order valence-corrected chi connectivity index (χ3v) is 6.74. The second-order valence-corrected chi connectivity index (χ2v) is 8.63. The predicted molar refractivity (Wildman–Crippen MR) is 115 cm³/mol. The van der Waals surface area contributed by atoms with Crippen LogP contribution in [-0.2, 0) is 14.3 Å². The summed E-state index contributed by atoms with van der Waals surface area (Å²) in [5, 5.41) is 3.01. The van der Waals surface area contributed by atoms with Crippen LogP contribution in [-0.4, -0.2) is 59.1 Å². The SMILES string of the molecule is CCOC(=O)c1sc(NC(=O)CSC(=S)N2CCCC2)c(C(=O)OCC)c1C. The quantitative estimate of drug-likeness (QED) is 0.506. The lowest BCUT2D eigenvalue weighted by molar-refractivity contribution is -0.113. The Kier molecular flexibility index (Phi) is 8.71. The van der Waals surface area contributed by atoms with Crippen molar-refractivity contribution in [1.82, 2.24) is 4.90 Å². The molecule has 0 aromatic carbocycles. The first kappa shape index (κ1) is 22.6. The molecule has 1 N–H and O–H groups in total. The van der Waals surface area contributed by atoms with Crippen molar-refractivity contribution in [2.24, 2.45) is 0 Å². The number of thiocarbonyl (C=S) groups is 1. The number of nitrogens with one attached hydrogen (secondary N) is 1. The molecular weight excluding hydrogens is 420 g/mol. The number of rotatable bonds is 7. The molecule has 0 spiro atoms. The first-order valence-electron chi connectivity index (χ1n) is 9.08. The first-order chi connectivity index (χ1) is 13.4. The number of nitrogens with zero attached hydrogens (tertiary/aromatic N) is 1. The van der Waals surface area contributed by atoms with Gasteiger partial charge in [-0.05, 0) is 39.2 Å². The van der Waals surface area contributed by atoms with Crippen molar-refractivity contribution >= 4 is 62.5 Å². The number of esters is 2. The van der Waals surface area contributed by atoms with Crippen molar-refractivity contribution in [3.63, 3.8) is 0 Å². The summed E-state index contributed by atoms with van der Waals surface area (Å²) in [6, 6.07) is 0. The molecule has 1 aromatic heterocycles. The third-order valence-electron chi connectivity index (χ3n) is 4.03. The molecule has 0 bridgehead atoms. The fourth-order valence-corrected chi connectivity index (χ4v) is 4.88. The zero-order valence-corrected chi connectivity index (χ0v) is 18.6. The normalized spacial score (nSPS) is 13.3. The van der Waals surface area contributed by atoms with Crippen LogP contribution in [0.15, 0.2) is 0 Å². The van der Waals surface area contributed by atoms with Gasteiger partial charge in [-0.25, -0.2) is 9.59 Å². The zero-order valence-electron chi connectivity index (χ0n) is 16.2. The highest BCUT2D eigenvalue weighted by atomic mass is 32.2. The van der Waals surface area contributed by atoms with E-state index in [-0.39, 0.29) is 40.3 Å². The number of thiophene rings is 1. The molecule has 1 aromatic rings. The Hall–Kier alpha value is -1.65. The number of hydrogen-bond acceptors (Lipinski definition) is 8. The molecule has 0 saturated carbocycles. The number of carbonyl (C=O) groups excluding carboxylic acids is 3. The van der Waals surface area contributed by atoms with Gasteiger partial charge in [0, 0.05) is 13.1 Å². The summed E-state index contributed by atoms with van der Waals surface area (Å²) in [4.78, 5) is 39.3. The Morgan fingerprint density at radius 3 is 2.36 bits per heavy atom. The van der Waals surface area contributed by atoms with Crippen LogP contribution in [0.3, 0.4) is 0 Å². The Morgan fingerprint density at radius 1 is 1.14 bits per heavy atom. The standard InChI is InChI=1S/C18H24N2O5S3/c1-4-24-16(22)13-11(3)14(17(23)25-5-2)28-15(13)19-12(21)10-27-18(26)20-8-6-7-9-20/h4-10H2,1-3H3,(H,19,21). The minimum Gasteiger partial charge on any atom is -0.462 e. The van der Waals surface area contributed by atoms with Crippen molar-refractivity contribution in [3.05, 3.63) is 16.0 Å². The highest BCUT2D eigenvalue weighted by molar-refractivity contribution is 8.23. The smallest absolute Gasteiger partial charge is 0.348 e. The molecule has 2 rings (SSSR count). The molecule has 7 nitrogen and oxygen atoms in total. The van der Waals surface area contributed by atoms with Gasteiger partial charge in [-0.2, -0.15) is 0 Å². The molecule has 0 atom stereocenters. The molecule has 1 aliphatic heterocycles. The molecule has 0 aliphatic carbocycles.